The average Bonchev–Trinajstić information content (AvgIpc) is 3.56. The van der Waals surface area contributed by atoms with E-state index in [-0.39, 0.29) is 37.3 Å². The summed E-state index contributed by atoms with van der Waals surface area (Å²) in [7, 11) is 0. The van der Waals surface area contributed by atoms with Gasteiger partial charge in [-0.1, -0.05) is 37.3 Å². The predicted molar refractivity (Wildman–Crippen MR) is 145 cm³/mol. The van der Waals surface area contributed by atoms with E-state index in [0.29, 0.717) is 44.9 Å². The van der Waals surface area contributed by atoms with Crippen LogP contribution in [0, 0.1) is 17.6 Å². The fourth-order valence-electron chi connectivity index (χ4n) is 5.31. The lowest BCUT2D eigenvalue weighted by atomic mass is 9.94. The highest BCUT2D eigenvalue weighted by Gasteiger charge is 2.39. The Morgan fingerprint density at radius 1 is 1.15 bits per heavy atom. The largest absolute Gasteiger partial charge is 0.389 e. The van der Waals surface area contributed by atoms with Crippen molar-refractivity contribution in [2.45, 2.75) is 63.5 Å². The fraction of sp³-hybridized carbons (Fsp3) is 0.533. The highest BCUT2D eigenvalue weighted by Crippen LogP contribution is 2.22. The van der Waals surface area contributed by atoms with Crippen LogP contribution in [0.25, 0.3) is 0 Å². The molecule has 2 aliphatic rings. The first-order valence-electron chi connectivity index (χ1n) is 14.0. The van der Waals surface area contributed by atoms with E-state index in [4.69, 9.17) is 9.47 Å². The Balaban J connectivity index is 1.39. The van der Waals surface area contributed by atoms with E-state index < -0.39 is 35.7 Å². The number of amides is 2. The zero-order valence-electron chi connectivity index (χ0n) is 22.9. The Kier molecular flexibility index (Phi) is 11.0. The number of benzene rings is 2. The Hall–Kier alpha value is -2.92. The zero-order valence-corrected chi connectivity index (χ0v) is 22.9. The van der Waals surface area contributed by atoms with Crippen molar-refractivity contribution in [2.75, 3.05) is 32.8 Å². The number of nitrogens with one attached hydrogen (secondary N) is 2. The number of rotatable bonds is 14. The molecule has 8 nitrogen and oxygen atoms in total. The Morgan fingerprint density at radius 2 is 1.90 bits per heavy atom. The molecule has 0 radical (unpaired) electrons. The molecular weight excluding hydrogens is 520 g/mol. The lowest BCUT2D eigenvalue weighted by Crippen LogP contribution is -2.53. The summed E-state index contributed by atoms with van der Waals surface area (Å²) in [5.74, 6) is -2.55. The average molecular weight is 560 g/mol. The molecule has 218 valence electrons. The van der Waals surface area contributed by atoms with Crippen LogP contribution >= 0.6 is 0 Å². The van der Waals surface area contributed by atoms with E-state index in [9.17, 15) is 23.5 Å². The molecule has 0 aromatic heterocycles. The van der Waals surface area contributed by atoms with Crippen molar-refractivity contribution in [3.8, 4) is 0 Å². The number of carbonyl (C=O) groups is 2. The van der Waals surface area contributed by atoms with Gasteiger partial charge in [0.05, 0.1) is 37.4 Å². The zero-order chi connectivity index (χ0) is 28.5. The minimum absolute atomic E-state index is 0.0184. The second-order valence-corrected chi connectivity index (χ2v) is 10.6. The fourth-order valence-corrected chi connectivity index (χ4v) is 5.31. The molecule has 0 spiro atoms. The highest BCUT2D eigenvalue weighted by atomic mass is 19.1. The van der Waals surface area contributed by atoms with Gasteiger partial charge in [0, 0.05) is 44.8 Å². The second-order valence-electron chi connectivity index (χ2n) is 10.6. The maximum atomic E-state index is 13.9. The molecule has 0 saturated carbocycles. The van der Waals surface area contributed by atoms with E-state index in [1.807, 2.05) is 37.3 Å². The third-order valence-corrected chi connectivity index (χ3v) is 7.42. The van der Waals surface area contributed by atoms with Crippen LogP contribution in [0.3, 0.4) is 0 Å². The number of halogens is 2. The summed E-state index contributed by atoms with van der Waals surface area (Å²) in [6.45, 7) is 4.65. The number of nitrogens with zero attached hydrogens (tertiary/aromatic N) is 1. The monoisotopic (exact) mass is 559 g/mol. The first kappa shape index (κ1) is 30.0. The van der Waals surface area contributed by atoms with Crippen LogP contribution in [0.2, 0.25) is 0 Å². The van der Waals surface area contributed by atoms with Gasteiger partial charge in [0.1, 0.15) is 11.6 Å². The summed E-state index contributed by atoms with van der Waals surface area (Å²) < 4.78 is 39.3. The van der Waals surface area contributed by atoms with Crippen LogP contribution < -0.4 is 10.6 Å². The number of carbonyl (C=O) groups excluding carboxylic acids is 2. The minimum atomic E-state index is -1.06. The molecule has 5 atom stereocenters. The highest BCUT2D eigenvalue weighted by molar-refractivity contribution is 5.89. The maximum absolute atomic E-state index is 13.9. The molecule has 0 aliphatic carbocycles. The summed E-state index contributed by atoms with van der Waals surface area (Å²) in [6, 6.07) is 11.7. The molecule has 40 heavy (non-hydrogen) atoms. The molecular formula is C30H39F2N3O5. The van der Waals surface area contributed by atoms with Crippen LogP contribution in [0.15, 0.2) is 48.5 Å². The first-order valence-corrected chi connectivity index (χ1v) is 14.0. The SMILES string of the molecule is CCCOCCN1CC(C(=O)N[C@@H](Cc2cc(F)cc(F)c2)[C@H](O)[C@H]2C[C@@H](OCc3ccccc3)CN2)CC1=O. The number of hydrogen-bond donors (Lipinski definition) is 3. The molecule has 0 bridgehead atoms. The van der Waals surface area contributed by atoms with Gasteiger partial charge in [-0.25, -0.2) is 8.78 Å². The van der Waals surface area contributed by atoms with Crippen molar-refractivity contribution in [3.05, 3.63) is 71.3 Å². The van der Waals surface area contributed by atoms with Crippen LogP contribution in [-0.4, -0.2) is 79.0 Å². The molecule has 1 unspecified atom stereocenters. The van der Waals surface area contributed by atoms with Gasteiger partial charge in [0.15, 0.2) is 0 Å². The second kappa shape index (κ2) is 14.6. The molecule has 4 rings (SSSR count). The topological polar surface area (TPSA) is 100 Å². The van der Waals surface area contributed by atoms with Gasteiger partial charge in [-0.15, -0.1) is 0 Å². The Bertz CT molecular complexity index is 1100. The van der Waals surface area contributed by atoms with Crippen LogP contribution in [0.1, 0.15) is 37.3 Å². The molecule has 2 aromatic carbocycles. The van der Waals surface area contributed by atoms with Gasteiger partial charge < -0.3 is 30.1 Å². The van der Waals surface area contributed by atoms with Crippen LogP contribution in [0.4, 0.5) is 8.78 Å². The van der Waals surface area contributed by atoms with Crippen molar-refractivity contribution in [2.24, 2.45) is 5.92 Å². The smallest absolute Gasteiger partial charge is 0.225 e. The van der Waals surface area contributed by atoms with Gasteiger partial charge in [0.25, 0.3) is 0 Å². The van der Waals surface area contributed by atoms with Crippen molar-refractivity contribution < 1.29 is 33.0 Å². The number of ether oxygens (including phenoxy) is 2. The third-order valence-electron chi connectivity index (χ3n) is 7.42. The lowest BCUT2D eigenvalue weighted by molar-refractivity contribution is -0.129. The van der Waals surface area contributed by atoms with Crippen molar-refractivity contribution in [1.82, 2.24) is 15.5 Å². The van der Waals surface area contributed by atoms with Crippen molar-refractivity contribution in [1.29, 1.82) is 0 Å². The summed E-state index contributed by atoms with van der Waals surface area (Å²) in [5.41, 5.74) is 1.36. The first-order chi connectivity index (χ1) is 19.3. The van der Waals surface area contributed by atoms with E-state index in [1.54, 1.807) is 4.90 Å². The van der Waals surface area contributed by atoms with E-state index >= 15 is 0 Å². The van der Waals surface area contributed by atoms with E-state index in [2.05, 4.69) is 10.6 Å². The number of likely N-dealkylation sites (tertiary alicyclic amines) is 1. The number of aliphatic hydroxyl groups is 1. The van der Waals surface area contributed by atoms with Gasteiger partial charge in [-0.05, 0) is 42.5 Å². The molecule has 2 aliphatic heterocycles. The summed E-state index contributed by atoms with van der Waals surface area (Å²) in [5, 5.41) is 17.5. The Morgan fingerprint density at radius 3 is 2.62 bits per heavy atom. The van der Waals surface area contributed by atoms with Gasteiger partial charge in [-0.3, -0.25) is 9.59 Å². The molecule has 2 heterocycles. The Labute approximate surface area is 234 Å². The number of hydrogen-bond acceptors (Lipinski definition) is 6. The maximum Gasteiger partial charge on any atom is 0.225 e. The third kappa shape index (κ3) is 8.54. The standard InChI is InChI=1S/C30H39F2N3O5/c1-2-9-39-10-8-35-18-22(14-28(35)36)30(38)34-27(13-21-11-23(31)15-24(32)12-21)29(37)26-16-25(17-33-26)40-19-20-6-4-3-5-7-20/h3-7,11-12,15,22,25-27,29,33,37H,2,8-10,13-14,16-19H2,1H3,(H,34,38)/t22?,25-,26-,27+,29-/m1/s1. The minimum Gasteiger partial charge on any atom is -0.389 e. The van der Waals surface area contributed by atoms with Crippen molar-refractivity contribution in [3.63, 3.8) is 0 Å². The van der Waals surface area contributed by atoms with E-state index in [0.717, 1.165) is 18.1 Å². The van der Waals surface area contributed by atoms with Crippen molar-refractivity contribution >= 4 is 11.8 Å². The molecule has 2 saturated heterocycles. The summed E-state index contributed by atoms with van der Waals surface area (Å²) in [4.78, 5) is 27.4. The molecule has 2 aromatic rings. The van der Waals surface area contributed by atoms with Crippen LogP contribution in [-0.2, 0) is 32.1 Å². The predicted octanol–water partition coefficient (Wildman–Crippen LogP) is 2.58. The lowest BCUT2D eigenvalue weighted by Gasteiger charge is -2.29. The molecule has 2 amide bonds. The van der Waals surface area contributed by atoms with E-state index in [1.165, 1.54) is 12.1 Å². The summed E-state index contributed by atoms with van der Waals surface area (Å²) >= 11 is 0. The quantitative estimate of drug-likeness (QED) is 0.308. The number of aliphatic hydroxyl groups excluding tert-OH is 1. The van der Waals surface area contributed by atoms with Crippen LogP contribution in [0.5, 0.6) is 0 Å². The van der Waals surface area contributed by atoms with Gasteiger partial charge in [-0.2, -0.15) is 0 Å². The summed E-state index contributed by atoms with van der Waals surface area (Å²) in [6.07, 6.45) is 0.271. The molecule has 2 fully saturated rings. The van der Waals surface area contributed by atoms with Gasteiger partial charge >= 0.3 is 0 Å². The molecule has 3 N–H and O–H groups in total. The normalized spacial score (nSPS) is 22.4. The molecule has 10 heteroatoms. The van der Waals surface area contributed by atoms with Gasteiger partial charge in [0.2, 0.25) is 11.8 Å².